The van der Waals surface area contributed by atoms with Crippen LogP contribution in [0.1, 0.15) is 32.1 Å². The summed E-state index contributed by atoms with van der Waals surface area (Å²) in [5, 5.41) is 3.62. The van der Waals surface area contributed by atoms with Gasteiger partial charge >= 0.3 is 6.09 Å². The van der Waals surface area contributed by atoms with E-state index in [0.29, 0.717) is 18.2 Å². The summed E-state index contributed by atoms with van der Waals surface area (Å²) in [6.45, 7) is 2.42. The number of cyclic esters (lactones) is 1. The number of ether oxygens (including phenoxy) is 1. The van der Waals surface area contributed by atoms with Crippen LogP contribution in [-0.2, 0) is 4.74 Å². The van der Waals surface area contributed by atoms with Gasteiger partial charge in [0.15, 0.2) is 0 Å². The molecule has 3 aliphatic rings. The van der Waals surface area contributed by atoms with Gasteiger partial charge < -0.3 is 15.0 Å². The molecule has 1 unspecified atom stereocenters. The van der Waals surface area contributed by atoms with Gasteiger partial charge in [-0.1, -0.05) is 0 Å². The van der Waals surface area contributed by atoms with Crippen molar-refractivity contribution in [2.75, 3.05) is 19.7 Å². The Bertz CT molecular complexity index is 276. The molecule has 2 aliphatic heterocycles. The second-order valence-electron chi connectivity index (χ2n) is 5.02. The lowest BCUT2D eigenvalue weighted by molar-refractivity contribution is 0.0775. The molecular formula is C11H18N2O2. The van der Waals surface area contributed by atoms with Gasteiger partial charge in [0.1, 0.15) is 6.61 Å². The number of carbonyl (C=O) groups is 1. The predicted octanol–water partition coefficient (Wildman–Crippen LogP) is 1.11. The van der Waals surface area contributed by atoms with Gasteiger partial charge in [-0.05, 0) is 38.6 Å². The topological polar surface area (TPSA) is 41.6 Å². The number of nitrogens with zero attached hydrogens (tertiary/aromatic N) is 1. The van der Waals surface area contributed by atoms with Crippen LogP contribution in [0.2, 0.25) is 0 Å². The summed E-state index contributed by atoms with van der Waals surface area (Å²) in [5.41, 5.74) is 0.367. The van der Waals surface area contributed by atoms with Gasteiger partial charge in [0.2, 0.25) is 0 Å². The maximum Gasteiger partial charge on any atom is 0.410 e. The van der Waals surface area contributed by atoms with Crippen molar-refractivity contribution in [3.8, 4) is 0 Å². The van der Waals surface area contributed by atoms with Crippen LogP contribution in [0.5, 0.6) is 0 Å². The Kier molecular flexibility index (Phi) is 2.12. The molecule has 0 aromatic carbocycles. The molecule has 1 spiro atoms. The predicted molar refractivity (Wildman–Crippen MR) is 55.7 cm³/mol. The largest absolute Gasteiger partial charge is 0.448 e. The number of hydrogen-bond acceptors (Lipinski definition) is 3. The average molecular weight is 210 g/mol. The first kappa shape index (κ1) is 9.46. The molecule has 1 atom stereocenters. The highest BCUT2D eigenvalue weighted by atomic mass is 16.6. The van der Waals surface area contributed by atoms with Crippen molar-refractivity contribution in [1.82, 2.24) is 10.2 Å². The quantitative estimate of drug-likeness (QED) is 0.705. The summed E-state index contributed by atoms with van der Waals surface area (Å²) in [4.78, 5) is 13.4. The van der Waals surface area contributed by atoms with Crippen molar-refractivity contribution < 1.29 is 9.53 Å². The SMILES string of the molecule is O=C1OCCN1C1CCNC2(CCC2)C1. The minimum atomic E-state index is -0.101. The zero-order valence-electron chi connectivity index (χ0n) is 9.00. The first-order valence-corrected chi connectivity index (χ1v) is 5.98. The molecule has 1 N–H and O–H groups in total. The van der Waals surface area contributed by atoms with E-state index >= 15 is 0 Å². The lowest BCUT2D eigenvalue weighted by Crippen LogP contribution is -2.59. The third kappa shape index (κ3) is 1.51. The van der Waals surface area contributed by atoms with E-state index in [9.17, 15) is 4.79 Å². The van der Waals surface area contributed by atoms with Crippen LogP contribution in [0.3, 0.4) is 0 Å². The summed E-state index contributed by atoms with van der Waals surface area (Å²) in [6, 6.07) is 0.418. The lowest BCUT2D eigenvalue weighted by Gasteiger charge is -2.49. The molecule has 4 nitrogen and oxygen atoms in total. The van der Waals surface area contributed by atoms with Gasteiger partial charge in [-0.3, -0.25) is 0 Å². The van der Waals surface area contributed by atoms with Crippen LogP contribution in [0.4, 0.5) is 4.79 Å². The van der Waals surface area contributed by atoms with Crippen molar-refractivity contribution in [3.05, 3.63) is 0 Å². The molecule has 1 saturated carbocycles. The zero-order valence-corrected chi connectivity index (χ0v) is 9.00. The molecular weight excluding hydrogens is 192 g/mol. The molecule has 0 aromatic heterocycles. The molecule has 0 bridgehead atoms. The minimum absolute atomic E-state index is 0.101. The Morgan fingerprint density at radius 3 is 2.93 bits per heavy atom. The van der Waals surface area contributed by atoms with Gasteiger partial charge in [0, 0.05) is 11.6 Å². The van der Waals surface area contributed by atoms with Crippen LogP contribution in [-0.4, -0.2) is 42.3 Å². The lowest BCUT2D eigenvalue weighted by atomic mass is 9.70. The highest BCUT2D eigenvalue weighted by Gasteiger charge is 2.44. The normalized spacial score (nSPS) is 34.0. The Balaban J connectivity index is 1.68. The fraction of sp³-hybridized carbons (Fsp3) is 0.909. The van der Waals surface area contributed by atoms with Crippen LogP contribution >= 0.6 is 0 Å². The summed E-state index contributed by atoms with van der Waals surface area (Å²) in [6.07, 6.45) is 6.01. The maximum atomic E-state index is 11.5. The van der Waals surface area contributed by atoms with E-state index in [1.807, 2.05) is 4.90 Å². The minimum Gasteiger partial charge on any atom is -0.448 e. The summed E-state index contributed by atoms with van der Waals surface area (Å²) in [7, 11) is 0. The van der Waals surface area contributed by atoms with Gasteiger partial charge in [-0.15, -0.1) is 0 Å². The molecule has 2 saturated heterocycles. The smallest absolute Gasteiger partial charge is 0.410 e. The zero-order chi connectivity index (χ0) is 10.3. The molecule has 0 radical (unpaired) electrons. The Morgan fingerprint density at radius 1 is 1.47 bits per heavy atom. The van der Waals surface area contributed by atoms with Crippen LogP contribution in [0.15, 0.2) is 0 Å². The van der Waals surface area contributed by atoms with Crippen LogP contribution in [0, 0.1) is 0 Å². The van der Waals surface area contributed by atoms with E-state index in [1.54, 1.807) is 0 Å². The van der Waals surface area contributed by atoms with Crippen LogP contribution in [0.25, 0.3) is 0 Å². The van der Waals surface area contributed by atoms with E-state index in [4.69, 9.17) is 4.74 Å². The highest BCUT2D eigenvalue weighted by molar-refractivity contribution is 5.69. The summed E-state index contributed by atoms with van der Waals surface area (Å²) < 4.78 is 5.01. The molecule has 15 heavy (non-hydrogen) atoms. The third-order valence-corrected chi connectivity index (χ3v) is 4.15. The Morgan fingerprint density at radius 2 is 2.33 bits per heavy atom. The average Bonchev–Trinajstić information content (AvgIpc) is 2.62. The van der Waals surface area contributed by atoms with E-state index in [-0.39, 0.29) is 6.09 Å². The second-order valence-corrected chi connectivity index (χ2v) is 5.02. The van der Waals surface area contributed by atoms with E-state index < -0.39 is 0 Å². The molecule has 1 amide bonds. The number of piperidine rings is 1. The van der Waals surface area contributed by atoms with E-state index in [0.717, 1.165) is 25.9 Å². The summed E-state index contributed by atoms with van der Waals surface area (Å²) in [5.74, 6) is 0. The number of amides is 1. The van der Waals surface area contributed by atoms with Gasteiger partial charge in [0.05, 0.1) is 6.54 Å². The van der Waals surface area contributed by atoms with Crippen molar-refractivity contribution in [2.45, 2.75) is 43.7 Å². The van der Waals surface area contributed by atoms with Gasteiger partial charge in [-0.25, -0.2) is 4.79 Å². The van der Waals surface area contributed by atoms with E-state index in [2.05, 4.69) is 5.32 Å². The fourth-order valence-electron chi connectivity index (χ4n) is 3.12. The first-order valence-electron chi connectivity index (χ1n) is 5.98. The third-order valence-electron chi connectivity index (χ3n) is 4.15. The maximum absolute atomic E-state index is 11.5. The molecule has 84 valence electrons. The number of rotatable bonds is 1. The fourth-order valence-corrected chi connectivity index (χ4v) is 3.12. The second kappa shape index (κ2) is 3.37. The number of hydrogen-bond donors (Lipinski definition) is 1. The standard InChI is InChI=1S/C11H18N2O2/c14-10-13(6-7-15-10)9-2-5-12-11(8-9)3-1-4-11/h9,12H,1-8H2. The van der Waals surface area contributed by atoms with Crippen molar-refractivity contribution in [2.24, 2.45) is 0 Å². The highest BCUT2D eigenvalue weighted by Crippen LogP contribution is 2.39. The van der Waals surface area contributed by atoms with Crippen LogP contribution < -0.4 is 5.32 Å². The monoisotopic (exact) mass is 210 g/mol. The van der Waals surface area contributed by atoms with E-state index in [1.165, 1.54) is 19.3 Å². The molecule has 3 fully saturated rings. The molecule has 1 aliphatic carbocycles. The van der Waals surface area contributed by atoms with Crippen molar-refractivity contribution in [1.29, 1.82) is 0 Å². The number of nitrogens with one attached hydrogen (secondary N) is 1. The Labute approximate surface area is 90.0 Å². The van der Waals surface area contributed by atoms with Gasteiger partial charge in [-0.2, -0.15) is 0 Å². The Hall–Kier alpha value is -0.770. The molecule has 0 aromatic rings. The summed E-state index contributed by atoms with van der Waals surface area (Å²) >= 11 is 0. The molecule has 4 heteroatoms. The molecule has 3 rings (SSSR count). The van der Waals surface area contributed by atoms with Crippen molar-refractivity contribution >= 4 is 6.09 Å². The molecule has 2 heterocycles. The number of carbonyl (C=O) groups excluding carboxylic acids is 1. The van der Waals surface area contributed by atoms with Gasteiger partial charge in [0.25, 0.3) is 0 Å². The first-order chi connectivity index (χ1) is 7.29. The van der Waals surface area contributed by atoms with Crippen molar-refractivity contribution in [3.63, 3.8) is 0 Å².